The van der Waals surface area contributed by atoms with E-state index in [2.05, 4.69) is 25.7 Å². The summed E-state index contributed by atoms with van der Waals surface area (Å²) in [6.07, 6.45) is -0.461. The number of fused-ring (bicyclic) bond motifs is 1. The highest BCUT2D eigenvalue weighted by Gasteiger charge is 2.27. The van der Waals surface area contributed by atoms with Crippen molar-refractivity contribution in [1.82, 2.24) is 24.9 Å². The molecule has 172 valence electrons. The van der Waals surface area contributed by atoms with Crippen molar-refractivity contribution in [3.63, 3.8) is 0 Å². The van der Waals surface area contributed by atoms with E-state index >= 15 is 0 Å². The topological polar surface area (TPSA) is 104 Å². The molecule has 8 nitrogen and oxygen atoms in total. The Morgan fingerprint density at radius 2 is 1.88 bits per heavy atom. The number of rotatable bonds is 8. The molecule has 0 saturated heterocycles. The van der Waals surface area contributed by atoms with Gasteiger partial charge in [0.2, 0.25) is 0 Å². The average molecular weight is 450 g/mol. The molecule has 1 unspecified atom stereocenters. The molecule has 0 fully saturated rings. The molecule has 3 heterocycles. The van der Waals surface area contributed by atoms with Gasteiger partial charge >= 0.3 is 0 Å². The summed E-state index contributed by atoms with van der Waals surface area (Å²) in [6, 6.07) is 2.83. The van der Waals surface area contributed by atoms with E-state index in [0.29, 0.717) is 17.1 Å². The number of aliphatic hydroxyl groups is 1. The first-order chi connectivity index (χ1) is 15.0. The molecule has 0 bridgehead atoms. The summed E-state index contributed by atoms with van der Waals surface area (Å²) in [4.78, 5) is 21.1. The second-order valence-corrected chi connectivity index (χ2v) is 8.25. The summed E-state index contributed by atoms with van der Waals surface area (Å²) in [7, 11) is 0. The molecule has 11 heteroatoms. The molecule has 0 saturated carbocycles. The third-order valence-electron chi connectivity index (χ3n) is 4.70. The number of alkyl halides is 3. The molecule has 3 aromatic heterocycles. The molecule has 0 aliphatic rings. The van der Waals surface area contributed by atoms with E-state index in [0.717, 1.165) is 6.20 Å². The van der Waals surface area contributed by atoms with E-state index < -0.39 is 24.1 Å². The number of anilines is 1. The van der Waals surface area contributed by atoms with Crippen LogP contribution in [0.1, 0.15) is 50.0 Å². The molecule has 0 aliphatic carbocycles. The summed E-state index contributed by atoms with van der Waals surface area (Å²) < 4.78 is 41.2. The van der Waals surface area contributed by atoms with Crippen LogP contribution in [0.5, 0.6) is 0 Å². The molecule has 0 spiro atoms. The monoisotopic (exact) mass is 450 g/mol. The number of amides is 1. The molecule has 0 aliphatic heterocycles. The Hall–Kier alpha value is -3.21. The number of hydrogen-bond donors (Lipinski definition) is 3. The molecule has 0 aromatic carbocycles. The van der Waals surface area contributed by atoms with Gasteiger partial charge in [0.15, 0.2) is 5.65 Å². The zero-order valence-corrected chi connectivity index (χ0v) is 18.1. The van der Waals surface area contributed by atoms with E-state index in [-0.39, 0.29) is 29.4 Å². The van der Waals surface area contributed by atoms with E-state index in [1.165, 1.54) is 36.8 Å². The predicted molar refractivity (Wildman–Crippen MR) is 113 cm³/mol. The molecular weight excluding hydrogens is 425 g/mol. The minimum atomic E-state index is -2.66. The Kier molecular flexibility index (Phi) is 6.68. The van der Waals surface area contributed by atoms with E-state index in [9.17, 15) is 23.1 Å². The van der Waals surface area contributed by atoms with Gasteiger partial charge in [0.25, 0.3) is 12.3 Å². The lowest BCUT2D eigenvalue weighted by Gasteiger charge is -2.23. The van der Waals surface area contributed by atoms with Crippen molar-refractivity contribution in [1.29, 1.82) is 0 Å². The van der Waals surface area contributed by atoms with Gasteiger partial charge in [0, 0.05) is 17.8 Å². The number of nitrogens with zero attached hydrogens (tertiary/aromatic N) is 4. The van der Waals surface area contributed by atoms with Crippen LogP contribution in [0.25, 0.3) is 17.0 Å². The van der Waals surface area contributed by atoms with Gasteiger partial charge in [0.1, 0.15) is 11.9 Å². The third kappa shape index (κ3) is 5.16. The smallest absolute Gasteiger partial charge is 0.265 e. The van der Waals surface area contributed by atoms with Gasteiger partial charge in [-0.25, -0.2) is 22.7 Å². The first-order valence-electron chi connectivity index (χ1n) is 10.0. The fourth-order valence-corrected chi connectivity index (χ4v) is 2.92. The number of imidazole rings is 1. The number of carbonyl (C=O) groups is 1. The van der Waals surface area contributed by atoms with Crippen molar-refractivity contribution in [2.45, 2.75) is 51.9 Å². The lowest BCUT2D eigenvalue weighted by molar-refractivity contribution is -0.00177. The van der Waals surface area contributed by atoms with Crippen LogP contribution in [0.2, 0.25) is 0 Å². The summed E-state index contributed by atoms with van der Waals surface area (Å²) in [5, 5.41) is 19.4. The second-order valence-electron chi connectivity index (χ2n) is 8.25. The van der Waals surface area contributed by atoms with Crippen molar-refractivity contribution in [3.05, 3.63) is 41.9 Å². The van der Waals surface area contributed by atoms with Gasteiger partial charge in [-0.15, -0.1) is 0 Å². The van der Waals surface area contributed by atoms with Gasteiger partial charge in [-0.05, 0) is 39.8 Å². The van der Waals surface area contributed by atoms with Crippen LogP contribution in [-0.2, 0) is 0 Å². The van der Waals surface area contributed by atoms with Crippen molar-refractivity contribution >= 4 is 17.2 Å². The van der Waals surface area contributed by atoms with Crippen LogP contribution >= 0.6 is 0 Å². The summed E-state index contributed by atoms with van der Waals surface area (Å²) in [6.45, 7) is 6.04. The van der Waals surface area contributed by atoms with Crippen molar-refractivity contribution < 1.29 is 23.1 Å². The molecule has 1 amide bonds. The first kappa shape index (κ1) is 23.5. The van der Waals surface area contributed by atoms with Gasteiger partial charge in [-0.2, -0.15) is 5.10 Å². The summed E-state index contributed by atoms with van der Waals surface area (Å²) in [5.41, 5.74) is -0.101. The van der Waals surface area contributed by atoms with E-state index in [4.69, 9.17) is 0 Å². The Morgan fingerprint density at radius 3 is 2.50 bits per heavy atom. The lowest BCUT2D eigenvalue weighted by Crippen LogP contribution is -2.42. The van der Waals surface area contributed by atoms with Crippen molar-refractivity contribution in [2.24, 2.45) is 0 Å². The Labute approximate surface area is 182 Å². The number of aromatic nitrogens is 4. The fraction of sp³-hybridized carbons (Fsp3) is 0.429. The fourth-order valence-electron chi connectivity index (χ4n) is 2.92. The zero-order chi connectivity index (χ0) is 23.6. The van der Waals surface area contributed by atoms with Crippen LogP contribution in [0, 0.1) is 0 Å². The Morgan fingerprint density at radius 1 is 1.16 bits per heavy atom. The normalized spacial score (nSPS) is 13.1. The molecular formula is C21H25F3N6O2. The van der Waals surface area contributed by atoms with Crippen LogP contribution < -0.4 is 10.6 Å². The van der Waals surface area contributed by atoms with Crippen LogP contribution in [0.4, 0.5) is 18.9 Å². The highest BCUT2D eigenvalue weighted by Crippen LogP contribution is 2.26. The van der Waals surface area contributed by atoms with Crippen LogP contribution in [-0.4, -0.2) is 55.0 Å². The average Bonchev–Trinajstić information content (AvgIpc) is 3.13. The van der Waals surface area contributed by atoms with Crippen molar-refractivity contribution in [2.75, 3.05) is 11.9 Å². The summed E-state index contributed by atoms with van der Waals surface area (Å²) >= 11 is 0. The minimum absolute atomic E-state index is 0.0315. The van der Waals surface area contributed by atoms with Gasteiger partial charge in [-0.1, -0.05) is 0 Å². The molecule has 1 atom stereocenters. The Bertz CT molecular complexity index is 1110. The maximum absolute atomic E-state index is 14.0. The van der Waals surface area contributed by atoms with Crippen molar-refractivity contribution in [3.8, 4) is 11.4 Å². The minimum Gasteiger partial charge on any atom is -0.387 e. The van der Waals surface area contributed by atoms with E-state index in [1.54, 1.807) is 6.07 Å². The highest BCUT2D eigenvalue weighted by atomic mass is 19.3. The lowest BCUT2D eigenvalue weighted by atomic mass is 10.0. The largest absolute Gasteiger partial charge is 0.387 e. The standard InChI is InChI=1S/C21H25F3N6O2/c1-11(2)29-14-6-15(16-9-26-18-5-12(19(23)24)7-28-30(16)18)25-8-13(14)20(31)27-10-17(22)21(3,4)32/h5-9,11,17,19,32H,10H2,1-4H3,(H,25,29)(H,27,31). The van der Waals surface area contributed by atoms with Gasteiger partial charge in [-0.3, -0.25) is 9.78 Å². The number of halogens is 3. The predicted octanol–water partition coefficient (Wildman–Crippen LogP) is 3.39. The van der Waals surface area contributed by atoms with Gasteiger partial charge < -0.3 is 15.7 Å². The molecule has 32 heavy (non-hydrogen) atoms. The van der Waals surface area contributed by atoms with Crippen LogP contribution in [0.15, 0.2) is 30.7 Å². The number of carbonyl (C=O) groups excluding carboxylic acids is 1. The zero-order valence-electron chi connectivity index (χ0n) is 18.1. The number of nitrogens with one attached hydrogen (secondary N) is 2. The Balaban J connectivity index is 1.93. The maximum atomic E-state index is 14.0. The first-order valence-corrected chi connectivity index (χ1v) is 10.0. The molecule has 3 N–H and O–H groups in total. The quantitative estimate of drug-likeness (QED) is 0.486. The third-order valence-corrected chi connectivity index (χ3v) is 4.70. The van der Waals surface area contributed by atoms with Crippen LogP contribution in [0.3, 0.4) is 0 Å². The summed E-state index contributed by atoms with van der Waals surface area (Å²) in [5.74, 6) is -0.558. The maximum Gasteiger partial charge on any atom is 0.265 e. The highest BCUT2D eigenvalue weighted by molar-refractivity contribution is 6.00. The number of pyridine rings is 1. The number of hydrogen-bond acceptors (Lipinski definition) is 6. The van der Waals surface area contributed by atoms with E-state index in [1.807, 2.05) is 13.8 Å². The second kappa shape index (κ2) is 9.11. The SMILES string of the molecule is CC(C)Nc1cc(-c2cnc3cc(C(F)F)cnn23)ncc1C(=O)NCC(F)C(C)(C)O. The van der Waals surface area contributed by atoms with Gasteiger partial charge in [0.05, 0.1) is 41.5 Å². The molecule has 0 radical (unpaired) electrons. The molecule has 3 rings (SSSR count). The molecule has 3 aromatic rings.